The number of piperidine rings is 1. The zero-order valence-electron chi connectivity index (χ0n) is 21.9. The average molecular weight is 575 g/mol. The Hall–Kier alpha value is -3.06. The van der Waals surface area contributed by atoms with Crippen LogP contribution >= 0.6 is 0 Å². The molecule has 2 unspecified atom stereocenters. The van der Waals surface area contributed by atoms with Crippen molar-refractivity contribution in [1.29, 1.82) is 0 Å². The van der Waals surface area contributed by atoms with Gasteiger partial charge < -0.3 is 10.2 Å². The molecule has 0 aromatic heterocycles. The summed E-state index contributed by atoms with van der Waals surface area (Å²) >= 11 is 0.102. The Kier molecular flexibility index (Phi) is 9.89. The summed E-state index contributed by atoms with van der Waals surface area (Å²) in [4.78, 5) is 28.3. The van der Waals surface area contributed by atoms with E-state index in [0.717, 1.165) is 37.3 Å². The number of carbonyl (C=O) groups is 2. The topological polar surface area (TPSA) is 116 Å². The van der Waals surface area contributed by atoms with Gasteiger partial charge in [-0.2, -0.15) is 12.7 Å². The van der Waals surface area contributed by atoms with Gasteiger partial charge >= 0.3 is 0 Å². The van der Waals surface area contributed by atoms with Gasteiger partial charge in [0.15, 0.2) is 12.2 Å². The highest BCUT2D eigenvalue weighted by Gasteiger charge is 2.54. The van der Waals surface area contributed by atoms with Gasteiger partial charge in [-0.25, -0.2) is 4.21 Å². The largest absolute Gasteiger partial charge is 0.354 e. The minimum atomic E-state index is -4.28. The highest BCUT2D eigenvalue weighted by Crippen LogP contribution is 2.34. The Labute approximate surface area is 233 Å². The highest BCUT2D eigenvalue weighted by atomic mass is 32.2. The van der Waals surface area contributed by atoms with Crippen LogP contribution in [0.2, 0.25) is 0 Å². The molecule has 2 saturated heterocycles. The number of unbranched alkanes of at least 4 members (excludes halogenated alkanes) is 2. The van der Waals surface area contributed by atoms with E-state index >= 15 is 0 Å². The molecule has 39 heavy (non-hydrogen) atoms. The van der Waals surface area contributed by atoms with Crippen molar-refractivity contribution in [3.63, 3.8) is 0 Å². The summed E-state index contributed by atoms with van der Waals surface area (Å²) in [5.74, 6) is -1.17. The Morgan fingerprint density at radius 3 is 2.38 bits per heavy atom. The first kappa shape index (κ1) is 28.9. The average Bonchev–Trinajstić information content (AvgIpc) is 3.25. The van der Waals surface area contributed by atoms with Gasteiger partial charge in [0.05, 0.1) is 21.8 Å². The van der Waals surface area contributed by atoms with E-state index in [9.17, 15) is 22.2 Å². The predicted molar refractivity (Wildman–Crippen MR) is 150 cm³/mol. The standard InChI is InChI=1S/C27H34N4O6S2/c1-2-3-11-18-28-26(33)24-25(38-34)27(29-19-12-10-17-23(29)32)30(22-15-8-5-9-16-22)31(24)37-39(35,36)20-21-13-6-4-7-14-21/h4-9,13-16,24,27H,2-3,10-12,17-20H2,1H3,(H,28,33). The van der Waals surface area contributed by atoms with E-state index in [-0.39, 0.29) is 22.0 Å². The second-order valence-corrected chi connectivity index (χ2v) is 11.7. The van der Waals surface area contributed by atoms with Crippen molar-refractivity contribution in [2.24, 2.45) is 0 Å². The van der Waals surface area contributed by atoms with Crippen LogP contribution in [0, 0.1) is 0 Å². The number of hydrazine groups is 1. The number of benzene rings is 2. The van der Waals surface area contributed by atoms with Crippen LogP contribution in [-0.4, -0.2) is 64.7 Å². The lowest BCUT2D eigenvalue weighted by Gasteiger charge is -2.39. The summed E-state index contributed by atoms with van der Waals surface area (Å²) in [5, 5.41) is 5.25. The zero-order valence-corrected chi connectivity index (χ0v) is 23.5. The highest BCUT2D eigenvalue weighted by molar-refractivity contribution is 7.85. The van der Waals surface area contributed by atoms with Gasteiger partial charge in [-0.1, -0.05) is 73.5 Å². The molecule has 1 N–H and O–H groups in total. The predicted octanol–water partition coefficient (Wildman–Crippen LogP) is 2.58. The van der Waals surface area contributed by atoms with E-state index in [0.29, 0.717) is 30.8 Å². The smallest absolute Gasteiger partial charge is 0.289 e. The molecule has 0 saturated carbocycles. The molecule has 2 fully saturated rings. The van der Waals surface area contributed by atoms with E-state index in [1.54, 1.807) is 65.6 Å². The van der Waals surface area contributed by atoms with E-state index in [2.05, 4.69) is 5.32 Å². The van der Waals surface area contributed by atoms with Gasteiger partial charge in [0.25, 0.3) is 10.1 Å². The molecule has 2 heterocycles. The maximum Gasteiger partial charge on any atom is 0.289 e. The molecule has 2 atom stereocenters. The van der Waals surface area contributed by atoms with Crippen molar-refractivity contribution in [2.75, 3.05) is 18.1 Å². The summed E-state index contributed by atoms with van der Waals surface area (Å²) < 4.78 is 45.0. The number of amides is 2. The van der Waals surface area contributed by atoms with E-state index in [1.165, 1.54) is 5.01 Å². The molecule has 10 nitrogen and oxygen atoms in total. The third-order valence-corrected chi connectivity index (χ3v) is 8.36. The molecule has 2 aromatic carbocycles. The Balaban J connectivity index is 1.78. The Morgan fingerprint density at radius 1 is 1.05 bits per heavy atom. The van der Waals surface area contributed by atoms with Gasteiger partial charge in [-0.15, -0.1) is 0 Å². The van der Waals surface area contributed by atoms with Gasteiger partial charge in [0.2, 0.25) is 11.8 Å². The number of anilines is 1. The summed E-state index contributed by atoms with van der Waals surface area (Å²) in [6.07, 6.45) is 3.35. The Morgan fingerprint density at radius 2 is 1.74 bits per heavy atom. The van der Waals surface area contributed by atoms with Crippen molar-refractivity contribution in [3.8, 4) is 0 Å². The van der Waals surface area contributed by atoms with E-state index in [1.807, 2.05) is 6.92 Å². The molecule has 12 heteroatoms. The molecule has 0 bridgehead atoms. The fraction of sp³-hybridized carbons (Fsp3) is 0.444. The second kappa shape index (κ2) is 13.3. The van der Waals surface area contributed by atoms with Crippen LogP contribution in [0.3, 0.4) is 0 Å². The number of rotatable bonds is 11. The third-order valence-electron chi connectivity index (χ3n) is 6.67. The first-order chi connectivity index (χ1) is 18.9. The lowest BCUT2D eigenvalue weighted by atomic mass is 10.1. The van der Waals surface area contributed by atoms with Crippen LogP contribution < -0.4 is 10.3 Å². The summed E-state index contributed by atoms with van der Waals surface area (Å²) in [7, 11) is -4.28. The van der Waals surface area contributed by atoms with Gasteiger partial charge in [-0.3, -0.25) is 14.6 Å². The molecule has 0 spiro atoms. The van der Waals surface area contributed by atoms with Crippen molar-refractivity contribution >= 4 is 43.7 Å². The monoisotopic (exact) mass is 574 g/mol. The number of hydrogen-bond acceptors (Lipinski definition) is 8. The van der Waals surface area contributed by atoms with Crippen molar-refractivity contribution in [1.82, 2.24) is 15.4 Å². The normalized spacial score (nSPS) is 20.3. The van der Waals surface area contributed by atoms with Gasteiger partial charge in [0, 0.05) is 19.5 Å². The number of likely N-dealkylation sites (tertiary alicyclic amines) is 1. The molecule has 0 aliphatic carbocycles. The lowest BCUT2D eigenvalue weighted by molar-refractivity contribution is -0.139. The van der Waals surface area contributed by atoms with E-state index < -0.39 is 34.0 Å². The third kappa shape index (κ3) is 6.93. The zero-order chi connectivity index (χ0) is 27.8. The summed E-state index contributed by atoms with van der Waals surface area (Å²) in [6.45, 7) is 2.78. The molecule has 210 valence electrons. The maximum atomic E-state index is 13.6. The molecule has 2 aliphatic rings. The molecule has 2 amide bonds. The van der Waals surface area contributed by atoms with Crippen molar-refractivity contribution in [2.45, 2.75) is 63.4 Å². The van der Waals surface area contributed by atoms with Crippen LogP contribution in [0.4, 0.5) is 5.69 Å². The fourth-order valence-corrected chi connectivity index (χ4v) is 6.46. The van der Waals surface area contributed by atoms with Crippen LogP contribution in [0.15, 0.2) is 60.7 Å². The molecule has 0 radical (unpaired) electrons. The minimum absolute atomic E-state index is 0.0806. The van der Waals surface area contributed by atoms with Crippen LogP contribution in [0.5, 0.6) is 0 Å². The van der Waals surface area contributed by atoms with Crippen molar-refractivity contribution < 1.29 is 26.5 Å². The summed E-state index contributed by atoms with van der Waals surface area (Å²) in [5.41, 5.74) is 0.984. The van der Waals surface area contributed by atoms with Crippen LogP contribution in [0.25, 0.3) is 0 Å². The fourth-order valence-electron chi connectivity index (χ4n) is 4.81. The minimum Gasteiger partial charge on any atom is -0.354 e. The first-order valence-corrected chi connectivity index (χ1v) is 15.5. The number of para-hydroxylation sites is 1. The SMILES string of the molecule is CCCCCNC(=O)C1C(=S=O)C(N2CCCCC2=O)N(c2ccccc2)N1OS(=O)(=O)Cc1ccccc1. The van der Waals surface area contributed by atoms with Crippen molar-refractivity contribution in [3.05, 3.63) is 66.2 Å². The second-order valence-electron chi connectivity index (χ2n) is 9.55. The van der Waals surface area contributed by atoms with Crippen LogP contribution in [0.1, 0.15) is 51.0 Å². The number of nitrogens with one attached hydrogen (secondary N) is 1. The maximum absolute atomic E-state index is 13.6. The quantitative estimate of drug-likeness (QED) is 0.322. The molecular weight excluding hydrogens is 540 g/mol. The van der Waals surface area contributed by atoms with Gasteiger partial charge in [0.1, 0.15) is 5.75 Å². The Bertz CT molecular complexity index is 1300. The van der Waals surface area contributed by atoms with Gasteiger partial charge in [-0.05, 0) is 37.0 Å². The van der Waals surface area contributed by atoms with E-state index in [4.69, 9.17) is 4.28 Å². The number of nitrogens with zero attached hydrogens (tertiary/aromatic N) is 3. The number of carbonyl (C=O) groups excluding carboxylic acids is 2. The molecule has 2 aromatic rings. The summed E-state index contributed by atoms with van der Waals surface area (Å²) in [6, 6.07) is 15.9. The first-order valence-electron chi connectivity index (χ1n) is 13.2. The molecule has 4 rings (SSSR count). The number of hydroxylamine groups is 1. The number of hydrogen-bond donors (Lipinski definition) is 1. The molecular formula is C27H34N4O6S2. The van der Waals surface area contributed by atoms with Crippen LogP contribution in [-0.2, 0) is 41.0 Å². The lowest BCUT2D eigenvalue weighted by Crippen LogP contribution is -2.55. The molecule has 2 aliphatic heterocycles.